The summed E-state index contributed by atoms with van der Waals surface area (Å²) in [6.45, 7) is 7.30. The molecule has 0 unspecified atom stereocenters. The Hall–Kier alpha value is -0.120. The third kappa shape index (κ3) is 6.46. The normalized spacial score (nSPS) is 17.4. The molecular formula is C13H29N3. The van der Waals surface area contributed by atoms with E-state index in [1.807, 2.05) is 0 Å². The maximum absolute atomic E-state index is 5.48. The largest absolute Gasteiger partial charge is 0.330 e. The minimum absolute atomic E-state index is 0.846. The van der Waals surface area contributed by atoms with E-state index in [-0.39, 0.29) is 0 Å². The molecule has 0 saturated carbocycles. The van der Waals surface area contributed by atoms with E-state index in [2.05, 4.69) is 16.8 Å². The van der Waals surface area contributed by atoms with Crippen molar-refractivity contribution in [3.63, 3.8) is 0 Å². The minimum Gasteiger partial charge on any atom is -0.330 e. The minimum atomic E-state index is 0.846. The maximum Gasteiger partial charge on any atom is -0.000655 e. The molecule has 1 saturated heterocycles. The van der Waals surface area contributed by atoms with Crippen molar-refractivity contribution in [2.24, 2.45) is 5.73 Å². The second-order valence-corrected chi connectivity index (χ2v) is 5.05. The van der Waals surface area contributed by atoms with E-state index in [0.29, 0.717) is 0 Å². The summed E-state index contributed by atoms with van der Waals surface area (Å²) in [5, 5.41) is 0. The topological polar surface area (TPSA) is 32.5 Å². The smallest absolute Gasteiger partial charge is 0.000655 e. The van der Waals surface area contributed by atoms with Crippen LogP contribution in [0.25, 0.3) is 0 Å². The van der Waals surface area contributed by atoms with Gasteiger partial charge in [0.05, 0.1) is 0 Å². The van der Waals surface area contributed by atoms with Crippen LogP contribution in [0.2, 0.25) is 0 Å². The Bertz CT molecular complexity index is 155. The number of hydrogen-bond donors (Lipinski definition) is 1. The lowest BCUT2D eigenvalue weighted by atomic mass is 10.2. The zero-order valence-electron chi connectivity index (χ0n) is 11.0. The molecule has 1 heterocycles. The van der Waals surface area contributed by atoms with Gasteiger partial charge in [0.2, 0.25) is 0 Å². The highest BCUT2D eigenvalue weighted by Crippen LogP contribution is 2.07. The van der Waals surface area contributed by atoms with Gasteiger partial charge in [-0.05, 0) is 78.4 Å². The van der Waals surface area contributed by atoms with Gasteiger partial charge in [0, 0.05) is 0 Å². The average molecular weight is 227 g/mol. The van der Waals surface area contributed by atoms with Gasteiger partial charge < -0.3 is 15.5 Å². The van der Waals surface area contributed by atoms with Crippen molar-refractivity contribution in [3.05, 3.63) is 0 Å². The first-order valence-electron chi connectivity index (χ1n) is 6.94. The molecule has 0 bridgehead atoms. The summed E-state index contributed by atoms with van der Waals surface area (Å²) >= 11 is 0. The fourth-order valence-electron chi connectivity index (χ4n) is 2.39. The highest BCUT2D eigenvalue weighted by Gasteiger charge is 2.10. The van der Waals surface area contributed by atoms with Crippen LogP contribution in [0.5, 0.6) is 0 Å². The summed E-state index contributed by atoms with van der Waals surface area (Å²) in [5.41, 5.74) is 5.48. The third-order valence-corrected chi connectivity index (χ3v) is 3.46. The predicted molar refractivity (Wildman–Crippen MR) is 70.7 cm³/mol. The molecule has 1 aliphatic rings. The molecule has 1 aliphatic heterocycles. The molecule has 0 aromatic rings. The zero-order chi connectivity index (χ0) is 11.6. The lowest BCUT2D eigenvalue weighted by Crippen LogP contribution is -2.26. The van der Waals surface area contributed by atoms with Gasteiger partial charge in [-0.1, -0.05) is 6.42 Å². The summed E-state index contributed by atoms with van der Waals surface area (Å²) in [5.74, 6) is 0. The molecule has 0 atom stereocenters. The number of likely N-dealkylation sites (tertiary alicyclic amines) is 1. The van der Waals surface area contributed by atoms with Gasteiger partial charge >= 0.3 is 0 Å². The SMILES string of the molecule is CN(CCCCCN)CCCN1CCCC1. The Morgan fingerprint density at radius 2 is 1.69 bits per heavy atom. The lowest BCUT2D eigenvalue weighted by molar-refractivity contribution is 0.276. The molecular weight excluding hydrogens is 198 g/mol. The van der Waals surface area contributed by atoms with E-state index in [1.54, 1.807) is 0 Å². The Morgan fingerprint density at radius 3 is 2.38 bits per heavy atom. The molecule has 0 radical (unpaired) electrons. The summed E-state index contributed by atoms with van der Waals surface area (Å²) in [4.78, 5) is 5.06. The first kappa shape index (κ1) is 13.9. The maximum atomic E-state index is 5.48. The van der Waals surface area contributed by atoms with E-state index in [9.17, 15) is 0 Å². The Labute approximate surface area is 101 Å². The average Bonchev–Trinajstić information content (AvgIpc) is 2.77. The van der Waals surface area contributed by atoms with Crippen LogP contribution < -0.4 is 5.73 Å². The fraction of sp³-hybridized carbons (Fsp3) is 1.00. The number of nitrogens with two attached hydrogens (primary N) is 1. The van der Waals surface area contributed by atoms with E-state index in [4.69, 9.17) is 5.73 Å². The predicted octanol–water partition coefficient (Wildman–Crippen LogP) is 1.53. The molecule has 3 nitrogen and oxygen atoms in total. The first-order chi connectivity index (χ1) is 7.83. The Balaban J connectivity index is 1.87. The van der Waals surface area contributed by atoms with Crippen LogP contribution in [0.15, 0.2) is 0 Å². The van der Waals surface area contributed by atoms with Gasteiger partial charge in [0.25, 0.3) is 0 Å². The Kier molecular flexibility index (Phi) is 7.81. The van der Waals surface area contributed by atoms with Crippen LogP contribution in [-0.4, -0.2) is 56.1 Å². The summed E-state index contributed by atoms with van der Waals surface area (Å²) in [6, 6.07) is 0. The lowest BCUT2D eigenvalue weighted by Gasteiger charge is -2.19. The van der Waals surface area contributed by atoms with Gasteiger partial charge in [-0.15, -0.1) is 0 Å². The second kappa shape index (κ2) is 8.97. The first-order valence-corrected chi connectivity index (χ1v) is 6.94. The molecule has 1 fully saturated rings. The molecule has 1 rings (SSSR count). The van der Waals surface area contributed by atoms with Crippen molar-refractivity contribution in [1.82, 2.24) is 9.80 Å². The summed E-state index contributed by atoms with van der Waals surface area (Å²) in [6.07, 6.45) is 7.92. The van der Waals surface area contributed by atoms with Gasteiger partial charge in [0.15, 0.2) is 0 Å². The van der Waals surface area contributed by atoms with Gasteiger partial charge in [-0.25, -0.2) is 0 Å². The number of hydrogen-bond acceptors (Lipinski definition) is 3. The van der Waals surface area contributed by atoms with Crippen LogP contribution in [-0.2, 0) is 0 Å². The highest BCUT2D eigenvalue weighted by atomic mass is 15.1. The van der Waals surface area contributed by atoms with Crippen LogP contribution >= 0.6 is 0 Å². The van der Waals surface area contributed by atoms with Crippen molar-refractivity contribution in [1.29, 1.82) is 0 Å². The van der Waals surface area contributed by atoms with Crippen LogP contribution in [0, 0.1) is 0 Å². The van der Waals surface area contributed by atoms with E-state index in [1.165, 1.54) is 71.2 Å². The van der Waals surface area contributed by atoms with Crippen molar-refractivity contribution in [3.8, 4) is 0 Å². The number of unbranched alkanes of at least 4 members (excludes halogenated alkanes) is 2. The zero-order valence-corrected chi connectivity index (χ0v) is 11.0. The van der Waals surface area contributed by atoms with Crippen molar-refractivity contribution < 1.29 is 0 Å². The second-order valence-electron chi connectivity index (χ2n) is 5.05. The van der Waals surface area contributed by atoms with E-state index in [0.717, 1.165) is 6.54 Å². The Morgan fingerprint density at radius 1 is 1.00 bits per heavy atom. The summed E-state index contributed by atoms with van der Waals surface area (Å²) in [7, 11) is 2.24. The molecule has 0 amide bonds. The van der Waals surface area contributed by atoms with Crippen molar-refractivity contribution in [2.45, 2.75) is 38.5 Å². The van der Waals surface area contributed by atoms with Crippen LogP contribution in [0.1, 0.15) is 38.5 Å². The quantitative estimate of drug-likeness (QED) is 0.606. The monoisotopic (exact) mass is 227 g/mol. The standard InChI is InChI=1S/C13H29N3/c1-15(9-4-2-3-8-14)10-7-13-16-11-5-6-12-16/h2-14H2,1H3. The number of rotatable bonds is 9. The third-order valence-electron chi connectivity index (χ3n) is 3.46. The van der Waals surface area contributed by atoms with E-state index < -0.39 is 0 Å². The molecule has 0 aromatic heterocycles. The van der Waals surface area contributed by atoms with E-state index >= 15 is 0 Å². The van der Waals surface area contributed by atoms with Crippen LogP contribution in [0.4, 0.5) is 0 Å². The molecule has 0 spiro atoms. The molecule has 16 heavy (non-hydrogen) atoms. The molecule has 3 heteroatoms. The molecule has 96 valence electrons. The molecule has 0 aliphatic carbocycles. The number of nitrogens with zero attached hydrogens (tertiary/aromatic N) is 2. The van der Waals surface area contributed by atoms with Gasteiger partial charge in [-0.3, -0.25) is 0 Å². The molecule has 2 N–H and O–H groups in total. The highest BCUT2D eigenvalue weighted by molar-refractivity contribution is 4.66. The summed E-state index contributed by atoms with van der Waals surface area (Å²) < 4.78 is 0. The van der Waals surface area contributed by atoms with Crippen molar-refractivity contribution in [2.75, 3.05) is 46.3 Å². The fourth-order valence-corrected chi connectivity index (χ4v) is 2.39. The van der Waals surface area contributed by atoms with Gasteiger partial charge in [0.1, 0.15) is 0 Å². The van der Waals surface area contributed by atoms with Crippen molar-refractivity contribution >= 4 is 0 Å². The van der Waals surface area contributed by atoms with Crippen LogP contribution in [0.3, 0.4) is 0 Å². The molecule has 0 aromatic carbocycles. The van der Waals surface area contributed by atoms with Gasteiger partial charge in [-0.2, -0.15) is 0 Å².